The van der Waals surface area contributed by atoms with Gasteiger partial charge in [-0.25, -0.2) is 0 Å². The molecule has 1 fully saturated rings. The zero-order valence-corrected chi connectivity index (χ0v) is 11.4. The summed E-state index contributed by atoms with van der Waals surface area (Å²) in [4.78, 5) is 0. The van der Waals surface area contributed by atoms with Crippen molar-refractivity contribution in [3.63, 3.8) is 0 Å². The highest BCUT2D eigenvalue weighted by atomic mass is 16.5. The van der Waals surface area contributed by atoms with Gasteiger partial charge in [0.2, 0.25) is 0 Å². The van der Waals surface area contributed by atoms with Crippen molar-refractivity contribution in [3.05, 3.63) is 72.0 Å². The molecule has 2 aliphatic carbocycles. The fourth-order valence-corrected chi connectivity index (χ4v) is 4.53. The maximum atomic E-state index is 10.1. The molecule has 21 heavy (non-hydrogen) atoms. The second kappa shape index (κ2) is 3.56. The molecule has 3 aliphatic rings. The Hall–Kier alpha value is -2.53. The number of hydrogen-bond donors (Lipinski definition) is 0. The lowest BCUT2D eigenvalue weighted by atomic mass is 9.44. The van der Waals surface area contributed by atoms with Gasteiger partial charge in [-0.05, 0) is 28.3 Å². The third-order valence-electron chi connectivity index (χ3n) is 5.36. The van der Waals surface area contributed by atoms with Crippen LogP contribution in [-0.2, 0) is 10.2 Å². The molecule has 0 bridgehead atoms. The number of rotatable bonds is 0. The lowest BCUT2D eigenvalue weighted by molar-refractivity contribution is -0.0211. The van der Waals surface area contributed by atoms with Crippen LogP contribution in [0.4, 0.5) is 0 Å². The van der Waals surface area contributed by atoms with E-state index in [0.717, 1.165) is 5.56 Å². The van der Waals surface area contributed by atoms with E-state index in [2.05, 4.69) is 54.6 Å². The van der Waals surface area contributed by atoms with E-state index in [1.54, 1.807) is 6.26 Å². The monoisotopic (exact) mass is 271 g/mol. The van der Waals surface area contributed by atoms with Gasteiger partial charge in [0.1, 0.15) is 11.5 Å². The fourth-order valence-electron chi connectivity index (χ4n) is 4.53. The SMILES string of the molecule is N#C[C@@]12c3ccccc3-c3ccccc3[C@@H]1[C@H]1OC=C[C@H]12. The van der Waals surface area contributed by atoms with Gasteiger partial charge in [-0.3, -0.25) is 0 Å². The first-order valence-corrected chi connectivity index (χ1v) is 7.30. The summed E-state index contributed by atoms with van der Waals surface area (Å²) >= 11 is 0. The molecule has 0 unspecified atom stereocenters. The molecule has 0 radical (unpaired) electrons. The van der Waals surface area contributed by atoms with Gasteiger partial charge in [0.15, 0.2) is 0 Å². The molecular formula is C19H13NO. The summed E-state index contributed by atoms with van der Waals surface area (Å²) < 4.78 is 5.79. The van der Waals surface area contributed by atoms with Gasteiger partial charge in [-0.1, -0.05) is 48.5 Å². The average molecular weight is 271 g/mol. The topological polar surface area (TPSA) is 33.0 Å². The van der Waals surface area contributed by atoms with Crippen molar-refractivity contribution < 1.29 is 4.74 Å². The Labute approximate surface area is 123 Å². The fraction of sp³-hybridized carbons (Fsp3) is 0.211. The summed E-state index contributed by atoms with van der Waals surface area (Å²) in [5.74, 6) is 0.301. The van der Waals surface area contributed by atoms with E-state index in [1.807, 2.05) is 6.07 Å². The number of benzene rings is 2. The smallest absolute Gasteiger partial charge is 0.115 e. The number of ether oxygens (including phenoxy) is 1. The molecule has 5 rings (SSSR count). The van der Waals surface area contributed by atoms with Crippen LogP contribution in [0.2, 0.25) is 0 Å². The third-order valence-corrected chi connectivity index (χ3v) is 5.36. The first kappa shape index (κ1) is 11.2. The zero-order chi connectivity index (χ0) is 14.0. The molecule has 0 amide bonds. The van der Waals surface area contributed by atoms with Crippen LogP contribution in [0.3, 0.4) is 0 Å². The molecule has 0 N–H and O–H groups in total. The highest BCUT2D eigenvalue weighted by Gasteiger charge is 2.68. The second-order valence-corrected chi connectivity index (χ2v) is 6.05. The van der Waals surface area contributed by atoms with E-state index in [4.69, 9.17) is 4.74 Å². The zero-order valence-electron chi connectivity index (χ0n) is 11.4. The molecule has 2 aromatic carbocycles. The van der Waals surface area contributed by atoms with Crippen LogP contribution in [0.15, 0.2) is 60.9 Å². The predicted octanol–water partition coefficient (Wildman–Crippen LogP) is 3.75. The maximum absolute atomic E-state index is 10.1. The van der Waals surface area contributed by atoms with Crippen LogP contribution in [0.25, 0.3) is 11.1 Å². The van der Waals surface area contributed by atoms with Gasteiger partial charge in [-0.15, -0.1) is 0 Å². The van der Waals surface area contributed by atoms with Gasteiger partial charge in [0, 0.05) is 11.8 Å². The van der Waals surface area contributed by atoms with Crippen LogP contribution in [0, 0.1) is 17.2 Å². The minimum absolute atomic E-state index is 0.110. The largest absolute Gasteiger partial charge is 0.497 e. The Kier molecular flexibility index (Phi) is 1.89. The maximum Gasteiger partial charge on any atom is 0.115 e. The second-order valence-electron chi connectivity index (χ2n) is 6.05. The van der Waals surface area contributed by atoms with Crippen molar-refractivity contribution in [3.8, 4) is 17.2 Å². The summed E-state index contributed by atoms with van der Waals surface area (Å²) in [6, 6.07) is 19.4. The number of fused-ring (bicyclic) bond motifs is 9. The van der Waals surface area contributed by atoms with E-state index < -0.39 is 5.41 Å². The summed E-state index contributed by atoms with van der Waals surface area (Å²) in [6.45, 7) is 0. The molecule has 2 nitrogen and oxygen atoms in total. The van der Waals surface area contributed by atoms with Crippen molar-refractivity contribution in [1.82, 2.24) is 0 Å². The first-order chi connectivity index (χ1) is 10.4. The molecule has 100 valence electrons. The molecule has 1 saturated carbocycles. The van der Waals surface area contributed by atoms with E-state index in [-0.39, 0.29) is 17.9 Å². The standard InChI is InChI=1S/C19H13NO/c20-11-19-15-8-4-3-6-13(15)12-5-1-2-7-14(12)17(19)18-16(19)9-10-21-18/h1-10,16-18H/t16-,17-,18+,19+/m1/s1. The molecule has 0 aromatic heterocycles. The molecule has 0 spiro atoms. The summed E-state index contributed by atoms with van der Waals surface area (Å²) in [7, 11) is 0. The lowest BCUT2D eigenvalue weighted by Gasteiger charge is -2.56. The van der Waals surface area contributed by atoms with Crippen molar-refractivity contribution in [2.24, 2.45) is 5.92 Å². The molecule has 1 heterocycles. The molecule has 0 saturated heterocycles. The van der Waals surface area contributed by atoms with Crippen LogP contribution in [0.5, 0.6) is 0 Å². The Balaban J connectivity index is 1.89. The van der Waals surface area contributed by atoms with Crippen molar-refractivity contribution in [2.45, 2.75) is 17.4 Å². The molecule has 4 atom stereocenters. The predicted molar refractivity (Wildman–Crippen MR) is 79.4 cm³/mol. The Morgan fingerprint density at radius 1 is 1.00 bits per heavy atom. The quantitative estimate of drug-likeness (QED) is 0.731. The van der Waals surface area contributed by atoms with Crippen LogP contribution in [0.1, 0.15) is 17.0 Å². The van der Waals surface area contributed by atoms with Gasteiger partial charge >= 0.3 is 0 Å². The van der Waals surface area contributed by atoms with Crippen LogP contribution in [-0.4, -0.2) is 6.10 Å². The Morgan fingerprint density at radius 2 is 1.76 bits per heavy atom. The minimum Gasteiger partial charge on any atom is -0.497 e. The highest BCUT2D eigenvalue weighted by Crippen LogP contribution is 2.66. The number of nitrogens with zero attached hydrogens (tertiary/aromatic N) is 1. The number of nitriles is 1. The Morgan fingerprint density at radius 3 is 2.62 bits per heavy atom. The molecule has 1 aliphatic heterocycles. The van der Waals surface area contributed by atoms with Crippen LogP contribution < -0.4 is 0 Å². The van der Waals surface area contributed by atoms with Crippen molar-refractivity contribution in [2.75, 3.05) is 0 Å². The Bertz CT molecular complexity index is 831. The van der Waals surface area contributed by atoms with Gasteiger partial charge < -0.3 is 4.74 Å². The first-order valence-electron chi connectivity index (χ1n) is 7.30. The van der Waals surface area contributed by atoms with Gasteiger partial charge in [0.05, 0.1) is 12.3 Å². The summed E-state index contributed by atoms with van der Waals surface area (Å²) in [5.41, 5.74) is 4.39. The minimum atomic E-state index is -0.470. The molecular weight excluding hydrogens is 258 g/mol. The van der Waals surface area contributed by atoms with E-state index >= 15 is 0 Å². The van der Waals surface area contributed by atoms with Crippen molar-refractivity contribution in [1.29, 1.82) is 5.26 Å². The molecule has 2 heteroatoms. The lowest BCUT2D eigenvalue weighted by Crippen LogP contribution is -2.60. The van der Waals surface area contributed by atoms with Crippen LogP contribution >= 0.6 is 0 Å². The highest BCUT2D eigenvalue weighted by molar-refractivity contribution is 5.79. The summed E-state index contributed by atoms with van der Waals surface area (Å²) in [6.07, 6.45) is 3.95. The normalized spacial score (nSPS) is 33.6. The average Bonchev–Trinajstić information content (AvgIpc) is 2.95. The van der Waals surface area contributed by atoms with E-state index in [0.29, 0.717) is 0 Å². The van der Waals surface area contributed by atoms with E-state index in [9.17, 15) is 5.26 Å². The molecule has 2 aromatic rings. The van der Waals surface area contributed by atoms with Gasteiger partial charge in [-0.2, -0.15) is 5.26 Å². The van der Waals surface area contributed by atoms with E-state index in [1.165, 1.54) is 16.7 Å². The van der Waals surface area contributed by atoms with Crippen molar-refractivity contribution >= 4 is 0 Å². The van der Waals surface area contributed by atoms with Gasteiger partial charge in [0.25, 0.3) is 0 Å². The summed E-state index contributed by atoms with van der Waals surface area (Å²) in [5, 5.41) is 10.1. The number of hydrogen-bond acceptors (Lipinski definition) is 2. The third kappa shape index (κ3) is 1.07.